The summed E-state index contributed by atoms with van der Waals surface area (Å²) in [6.07, 6.45) is 2.06. The Bertz CT molecular complexity index is 207. The van der Waals surface area contributed by atoms with Crippen molar-refractivity contribution in [1.29, 1.82) is 0 Å². The second kappa shape index (κ2) is 3.64. The zero-order chi connectivity index (χ0) is 9.26. The molecule has 2 saturated heterocycles. The Balaban J connectivity index is 1.93. The molecule has 2 fully saturated rings. The minimum Gasteiger partial charge on any atom is -0.467 e. The molecule has 0 aliphatic carbocycles. The van der Waals surface area contributed by atoms with E-state index in [0.29, 0.717) is 19.2 Å². The van der Waals surface area contributed by atoms with E-state index in [0.717, 1.165) is 6.54 Å². The first kappa shape index (κ1) is 8.97. The molecule has 13 heavy (non-hydrogen) atoms. The fraction of sp³-hybridized carbons (Fsp3) is 0.889. The van der Waals surface area contributed by atoms with Crippen molar-refractivity contribution >= 4 is 5.97 Å². The van der Waals surface area contributed by atoms with Crippen LogP contribution >= 0.6 is 0 Å². The molecule has 0 saturated carbocycles. The lowest BCUT2D eigenvalue weighted by atomic mass is 10.2. The minimum absolute atomic E-state index is 0.245. The van der Waals surface area contributed by atoms with Gasteiger partial charge in [-0.3, -0.25) is 4.90 Å². The van der Waals surface area contributed by atoms with Gasteiger partial charge in [0, 0.05) is 12.6 Å². The molecule has 2 rings (SSSR count). The lowest BCUT2D eigenvalue weighted by Gasteiger charge is -2.33. The molecular weight excluding hydrogens is 170 g/mol. The molecule has 0 aromatic carbocycles. The Morgan fingerprint density at radius 3 is 3.23 bits per heavy atom. The summed E-state index contributed by atoms with van der Waals surface area (Å²) < 4.78 is 10.1. The molecule has 0 aromatic rings. The van der Waals surface area contributed by atoms with E-state index in [1.54, 1.807) is 0 Å². The molecule has 74 valence electrons. The molecule has 2 aliphatic rings. The van der Waals surface area contributed by atoms with Gasteiger partial charge in [0.25, 0.3) is 0 Å². The Kier molecular flexibility index (Phi) is 2.51. The average molecular weight is 185 g/mol. The van der Waals surface area contributed by atoms with Gasteiger partial charge in [0.15, 0.2) is 6.10 Å². The topological polar surface area (TPSA) is 38.8 Å². The van der Waals surface area contributed by atoms with Crippen molar-refractivity contribution in [2.24, 2.45) is 0 Å². The van der Waals surface area contributed by atoms with Gasteiger partial charge >= 0.3 is 5.97 Å². The monoisotopic (exact) mass is 185 g/mol. The van der Waals surface area contributed by atoms with Crippen LogP contribution in [0.1, 0.15) is 12.8 Å². The average Bonchev–Trinajstić information content (AvgIpc) is 2.63. The van der Waals surface area contributed by atoms with Gasteiger partial charge in [0.2, 0.25) is 0 Å². The molecule has 0 spiro atoms. The maximum atomic E-state index is 11.2. The van der Waals surface area contributed by atoms with Crippen LogP contribution in [0, 0.1) is 0 Å². The number of ether oxygens (including phenoxy) is 2. The zero-order valence-electron chi connectivity index (χ0n) is 7.86. The van der Waals surface area contributed by atoms with Crippen LogP contribution < -0.4 is 0 Å². The normalized spacial score (nSPS) is 34.2. The lowest BCUT2D eigenvalue weighted by molar-refractivity contribution is -0.161. The third kappa shape index (κ3) is 1.69. The van der Waals surface area contributed by atoms with Crippen molar-refractivity contribution in [2.75, 3.05) is 26.8 Å². The molecule has 4 nitrogen and oxygen atoms in total. The van der Waals surface area contributed by atoms with Crippen LogP contribution in [0.3, 0.4) is 0 Å². The van der Waals surface area contributed by atoms with Gasteiger partial charge < -0.3 is 9.47 Å². The molecule has 2 heterocycles. The first-order valence-electron chi connectivity index (χ1n) is 4.74. The van der Waals surface area contributed by atoms with Crippen molar-refractivity contribution < 1.29 is 14.3 Å². The number of esters is 1. The number of methoxy groups -OCH3 is 1. The summed E-state index contributed by atoms with van der Waals surface area (Å²) in [5.41, 5.74) is 0. The summed E-state index contributed by atoms with van der Waals surface area (Å²) in [5, 5.41) is 0. The maximum Gasteiger partial charge on any atom is 0.336 e. The fourth-order valence-corrected chi connectivity index (χ4v) is 2.09. The second-order valence-electron chi connectivity index (χ2n) is 3.64. The first-order valence-corrected chi connectivity index (χ1v) is 4.74. The van der Waals surface area contributed by atoms with E-state index in [1.807, 2.05) is 0 Å². The van der Waals surface area contributed by atoms with E-state index in [2.05, 4.69) is 9.64 Å². The van der Waals surface area contributed by atoms with Crippen LogP contribution in [0.5, 0.6) is 0 Å². The van der Waals surface area contributed by atoms with E-state index < -0.39 is 0 Å². The molecule has 0 unspecified atom stereocenters. The molecule has 0 bridgehead atoms. The van der Waals surface area contributed by atoms with Crippen LogP contribution in [0.4, 0.5) is 0 Å². The van der Waals surface area contributed by atoms with Crippen LogP contribution in [0.15, 0.2) is 0 Å². The van der Waals surface area contributed by atoms with E-state index in [1.165, 1.54) is 20.0 Å². The number of nitrogens with zero attached hydrogens (tertiary/aromatic N) is 1. The third-order valence-electron chi connectivity index (χ3n) is 2.85. The highest BCUT2D eigenvalue weighted by atomic mass is 16.6. The number of carbonyl (C=O) groups excluding carboxylic acids is 1. The maximum absolute atomic E-state index is 11.2. The van der Waals surface area contributed by atoms with Gasteiger partial charge in [0.05, 0.1) is 13.7 Å². The first-order chi connectivity index (χ1) is 6.31. The number of carbonyl (C=O) groups is 1. The number of hydrogen-bond donors (Lipinski definition) is 0. The summed E-state index contributed by atoms with van der Waals surface area (Å²) in [6.45, 7) is 2.48. The van der Waals surface area contributed by atoms with Gasteiger partial charge in [-0.25, -0.2) is 4.79 Å². The molecule has 0 radical (unpaired) electrons. The van der Waals surface area contributed by atoms with Crippen LogP contribution in [-0.2, 0) is 14.3 Å². The molecule has 0 aromatic heterocycles. The van der Waals surface area contributed by atoms with Gasteiger partial charge in [-0.05, 0) is 19.4 Å². The summed E-state index contributed by atoms with van der Waals surface area (Å²) >= 11 is 0. The Morgan fingerprint density at radius 2 is 2.46 bits per heavy atom. The molecule has 0 amide bonds. The number of morpholine rings is 1. The predicted molar refractivity (Wildman–Crippen MR) is 46.4 cm³/mol. The van der Waals surface area contributed by atoms with Crippen molar-refractivity contribution in [3.63, 3.8) is 0 Å². The highest BCUT2D eigenvalue weighted by Crippen LogP contribution is 2.22. The number of hydrogen-bond acceptors (Lipinski definition) is 4. The van der Waals surface area contributed by atoms with E-state index in [-0.39, 0.29) is 12.1 Å². The number of fused-ring (bicyclic) bond motifs is 1. The molecule has 2 atom stereocenters. The molecule has 2 aliphatic heterocycles. The lowest BCUT2D eigenvalue weighted by Crippen LogP contribution is -2.49. The third-order valence-corrected chi connectivity index (χ3v) is 2.85. The van der Waals surface area contributed by atoms with E-state index in [4.69, 9.17) is 4.74 Å². The standard InChI is InChI=1S/C9H15NO3/c1-12-9(11)8-5-10-4-2-3-7(10)6-13-8/h7-8H,2-6H2,1H3/t7-,8-/m0/s1. The van der Waals surface area contributed by atoms with Gasteiger partial charge in [-0.15, -0.1) is 0 Å². The minimum atomic E-state index is -0.362. The summed E-state index contributed by atoms with van der Waals surface area (Å²) in [6, 6.07) is 0.543. The van der Waals surface area contributed by atoms with Crippen molar-refractivity contribution in [3.8, 4) is 0 Å². The Hall–Kier alpha value is -0.610. The largest absolute Gasteiger partial charge is 0.467 e. The van der Waals surface area contributed by atoms with Gasteiger partial charge in [-0.2, -0.15) is 0 Å². The molecule has 4 heteroatoms. The molecular formula is C9H15NO3. The van der Waals surface area contributed by atoms with Gasteiger partial charge in [0.1, 0.15) is 0 Å². The highest BCUT2D eigenvalue weighted by molar-refractivity contribution is 5.74. The summed E-state index contributed by atoms with van der Waals surface area (Å²) in [5.74, 6) is -0.245. The van der Waals surface area contributed by atoms with Crippen molar-refractivity contribution in [1.82, 2.24) is 4.90 Å². The van der Waals surface area contributed by atoms with Crippen molar-refractivity contribution in [3.05, 3.63) is 0 Å². The van der Waals surface area contributed by atoms with Crippen LogP contribution in [-0.4, -0.2) is 49.8 Å². The molecule has 0 N–H and O–H groups in total. The second-order valence-corrected chi connectivity index (χ2v) is 3.64. The fourth-order valence-electron chi connectivity index (χ4n) is 2.09. The Labute approximate surface area is 77.8 Å². The predicted octanol–water partition coefficient (Wildman–Crippen LogP) is 0.0226. The smallest absolute Gasteiger partial charge is 0.336 e. The SMILES string of the molecule is COC(=O)[C@@H]1CN2CCC[C@H]2CO1. The van der Waals surface area contributed by atoms with E-state index in [9.17, 15) is 4.79 Å². The van der Waals surface area contributed by atoms with Crippen molar-refractivity contribution in [2.45, 2.75) is 25.0 Å². The van der Waals surface area contributed by atoms with E-state index >= 15 is 0 Å². The Morgan fingerprint density at radius 1 is 1.62 bits per heavy atom. The quantitative estimate of drug-likeness (QED) is 0.540. The highest BCUT2D eigenvalue weighted by Gasteiger charge is 2.35. The van der Waals surface area contributed by atoms with Crippen LogP contribution in [0.25, 0.3) is 0 Å². The van der Waals surface area contributed by atoms with Gasteiger partial charge in [-0.1, -0.05) is 0 Å². The van der Waals surface area contributed by atoms with Crippen LogP contribution in [0.2, 0.25) is 0 Å². The zero-order valence-corrected chi connectivity index (χ0v) is 7.86. The summed E-state index contributed by atoms with van der Waals surface area (Å²) in [7, 11) is 1.40. The summed E-state index contributed by atoms with van der Waals surface area (Å²) in [4.78, 5) is 13.5. The number of rotatable bonds is 1.